The topological polar surface area (TPSA) is 45.0 Å². The van der Waals surface area contributed by atoms with Gasteiger partial charge in [-0.1, -0.05) is 0 Å². The summed E-state index contributed by atoms with van der Waals surface area (Å²) in [7, 11) is 1.80. The lowest BCUT2D eigenvalue weighted by Crippen LogP contribution is -1.98. The molecule has 0 aromatic heterocycles. The molecule has 2 rings (SSSR count). The second-order valence-electron chi connectivity index (χ2n) is 3.39. The molecule has 1 aromatic rings. The van der Waals surface area contributed by atoms with Gasteiger partial charge in [-0.2, -0.15) is 5.26 Å². The van der Waals surface area contributed by atoms with E-state index in [-0.39, 0.29) is 0 Å². The average Bonchev–Trinajstić information content (AvgIpc) is 3.01. The fraction of sp³-hybridized carbons (Fsp3) is 0.364. The molecule has 0 bridgehead atoms. The zero-order valence-electron chi connectivity index (χ0n) is 8.08. The molecule has 14 heavy (non-hydrogen) atoms. The second-order valence-corrected chi connectivity index (χ2v) is 3.39. The first-order chi connectivity index (χ1) is 6.83. The highest BCUT2D eigenvalue weighted by Crippen LogP contribution is 2.29. The van der Waals surface area contributed by atoms with Gasteiger partial charge in [0.15, 0.2) is 0 Å². The van der Waals surface area contributed by atoms with E-state index in [2.05, 4.69) is 11.4 Å². The van der Waals surface area contributed by atoms with Crippen molar-refractivity contribution < 1.29 is 4.74 Å². The van der Waals surface area contributed by atoms with E-state index in [0.29, 0.717) is 11.7 Å². The first kappa shape index (κ1) is 8.89. The molecule has 0 atom stereocenters. The van der Waals surface area contributed by atoms with E-state index in [0.717, 1.165) is 24.3 Å². The molecule has 0 unspecified atom stereocenters. The molecule has 1 fully saturated rings. The predicted octanol–water partition coefficient (Wildman–Crippen LogP) is 2.14. The Bertz CT molecular complexity index is 377. The van der Waals surface area contributed by atoms with E-state index in [4.69, 9.17) is 10.00 Å². The SMILES string of the molecule is CNc1cc(OC2CC2)ccc1C#N. The lowest BCUT2D eigenvalue weighted by molar-refractivity contribution is 0.303. The maximum Gasteiger partial charge on any atom is 0.121 e. The summed E-state index contributed by atoms with van der Waals surface area (Å²) in [5.74, 6) is 0.843. The van der Waals surface area contributed by atoms with Gasteiger partial charge in [0, 0.05) is 13.1 Å². The van der Waals surface area contributed by atoms with Crippen LogP contribution in [0.3, 0.4) is 0 Å². The van der Waals surface area contributed by atoms with Crippen molar-refractivity contribution in [1.82, 2.24) is 0 Å². The second kappa shape index (κ2) is 3.59. The van der Waals surface area contributed by atoms with Crippen LogP contribution in [0.4, 0.5) is 5.69 Å². The summed E-state index contributed by atoms with van der Waals surface area (Å²) in [5, 5.41) is 11.8. The van der Waals surface area contributed by atoms with Crippen molar-refractivity contribution in [3.05, 3.63) is 23.8 Å². The Kier molecular flexibility index (Phi) is 2.28. The number of anilines is 1. The summed E-state index contributed by atoms with van der Waals surface area (Å²) in [6.07, 6.45) is 2.69. The normalized spacial score (nSPS) is 14.6. The summed E-state index contributed by atoms with van der Waals surface area (Å²) < 4.78 is 5.62. The maximum absolute atomic E-state index is 8.80. The van der Waals surface area contributed by atoms with Crippen LogP contribution >= 0.6 is 0 Å². The maximum atomic E-state index is 8.80. The van der Waals surface area contributed by atoms with Crippen molar-refractivity contribution in [1.29, 1.82) is 5.26 Å². The Morgan fingerprint density at radius 3 is 2.86 bits per heavy atom. The molecular formula is C11H12N2O. The standard InChI is InChI=1S/C11H12N2O/c1-13-11-6-10(14-9-4-5-9)3-2-8(11)7-12/h2-3,6,9,13H,4-5H2,1H3. The van der Waals surface area contributed by atoms with Crippen LogP contribution < -0.4 is 10.1 Å². The molecular weight excluding hydrogens is 176 g/mol. The third-order valence-corrected chi connectivity index (χ3v) is 2.21. The van der Waals surface area contributed by atoms with Crippen molar-refractivity contribution >= 4 is 5.69 Å². The predicted molar refractivity (Wildman–Crippen MR) is 54.4 cm³/mol. The van der Waals surface area contributed by atoms with E-state index in [1.165, 1.54) is 0 Å². The highest BCUT2D eigenvalue weighted by atomic mass is 16.5. The minimum absolute atomic E-state index is 0.396. The lowest BCUT2D eigenvalue weighted by atomic mass is 10.2. The molecule has 1 saturated carbocycles. The quantitative estimate of drug-likeness (QED) is 0.790. The number of hydrogen-bond acceptors (Lipinski definition) is 3. The third-order valence-electron chi connectivity index (χ3n) is 2.21. The van der Waals surface area contributed by atoms with Gasteiger partial charge < -0.3 is 10.1 Å². The molecule has 1 aromatic carbocycles. The molecule has 0 radical (unpaired) electrons. The summed E-state index contributed by atoms with van der Waals surface area (Å²) in [6, 6.07) is 7.62. The minimum Gasteiger partial charge on any atom is -0.490 e. The Hall–Kier alpha value is -1.69. The average molecular weight is 188 g/mol. The molecule has 1 aliphatic rings. The largest absolute Gasteiger partial charge is 0.490 e. The number of nitrogens with zero attached hydrogens (tertiary/aromatic N) is 1. The van der Waals surface area contributed by atoms with E-state index >= 15 is 0 Å². The molecule has 0 saturated heterocycles. The van der Waals surface area contributed by atoms with Gasteiger partial charge in [0.1, 0.15) is 11.8 Å². The summed E-state index contributed by atoms with van der Waals surface area (Å²) in [5.41, 5.74) is 1.47. The van der Waals surface area contributed by atoms with Crippen LogP contribution in [-0.4, -0.2) is 13.2 Å². The van der Waals surface area contributed by atoms with Crippen molar-refractivity contribution in [2.75, 3.05) is 12.4 Å². The Morgan fingerprint density at radius 1 is 1.50 bits per heavy atom. The summed E-state index contributed by atoms with van der Waals surface area (Å²) >= 11 is 0. The van der Waals surface area contributed by atoms with Gasteiger partial charge in [0.05, 0.1) is 17.4 Å². The zero-order chi connectivity index (χ0) is 9.97. The van der Waals surface area contributed by atoms with Gasteiger partial charge in [-0.05, 0) is 25.0 Å². The van der Waals surface area contributed by atoms with Gasteiger partial charge in [0.2, 0.25) is 0 Å². The smallest absolute Gasteiger partial charge is 0.121 e. The van der Waals surface area contributed by atoms with E-state index in [1.807, 2.05) is 12.1 Å². The number of nitriles is 1. The Morgan fingerprint density at radius 2 is 2.29 bits per heavy atom. The van der Waals surface area contributed by atoms with Gasteiger partial charge in [-0.3, -0.25) is 0 Å². The fourth-order valence-corrected chi connectivity index (χ4v) is 1.28. The van der Waals surface area contributed by atoms with Gasteiger partial charge in [-0.25, -0.2) is 0 Å². The highest BCUT2D eigenvalue weighted by Gasteiger charge is 2.23. The monoisotopic (exact) mass is 188 g/mol. The van der Waals surface area contributed by atoms with Crippen LogP contribution in [0.5, 0.6) is 5.75 Å². The van der Waals surface area contributed by atoms with Crippen LogP contribution in [0.2, 0.25) is 0 Å². The van der Waals surface area contributed by atoms with E-state index < -0.39 is 0 Å². The molecule has 0 amide bonds. The van der Waals surface area contributed by atoms with Crippen LogP contribution in [0.15, 0.2) is 18.2 Å². The van der Waals surface area contributed by atoms with E-state index in [9.17, 15) is 0 Å². The number of rotatable bonds is 3. The molecule has 72 valence electrons. The highest BCUT2D eigenvalue weighted by molar-refractivity contribution is 5.60. The zero-order valence-corrected chi connectivity index (χ0v) is 8.08. The van der Waals surface area contributed by atoms with Gasteiger partial charge in [-0.15, -0.1) is 0 Å². The number of nitrogens with one attached hydrogen (secondary N) is 1. The van der Waals surface area contributed by atoms with Crippen molar-refractivity contribution in [2.24, 2.45) is 0 Å². The fourth-order valence-electron chi connectivity index (χ4n) is 1.28. The van der Waals surface area contributed by atoms with E-state index in [1.54, 1.807) is 13.1 Å². The molecule has 3 nitrogen and oxygen atoms in total. The van der Waals surface area contributed by atoms with Crippen LogP contribution in [-0.2, 0) is 0 Å². The van der Waals surface area contributed by atoms with Gasteiger partial charge >= 0.3 is 0 Å². The number of ether oxygens (including phenoxy) is 1. The lowest BCUT2D eigenvalue weighted by Gasteiger charge is -2.07. The molecule has 1 N–H and O–H groups in total. The van der Waals surface area contributed by atoms with Crippen molar-refractivity contribution in [3.8, 4) is 11.8 Å². The first-order valence-corrected chi connectivity index (χ1v) is 4.72. The van der Waals surface area contributed by atoms with Crippen molar-refractivity contribution in [2.45, 2.75) is 18.9 Å². The van der Waals surface area contributed by atoms with Crippen molar-refractivity contribution in [3.63, 3.8) is 0 Å². The molecule has 3 heteroatoms. The van der Waals surface area contributed by atoms with Crippen LogP contribution in [0.1, 0.15) is 18.4 Å². The molecule has 0 heterocycles. The third kappa shape index (κ3) is 1.80. The summed E-state index contributed by atoms with van der Waals surface area (Å²) in [6.45, 7) is 0. The summed E-state index contributed by atoms with van der Waals surface area (Å²) in [4.78, 5) is 0. The molecule has 0 spiro atoms. The molecule has 1 aliphatic carbocycles. The minimum atomic E-state index is 0.396. The Balaban J connectivity index is 2.22. The first-order valence-electron chi connectivity index (χ1n) is 4.72. The van der Waals surface area contributed by atoms with Crippen LogP contribution in [0, 0.1) is 11.3 Å². The molecule has 0 aliphatic heterocycles. The van der Waals surface area contributed by atoms with Crippen LogP contribution in [0.25, 0.3) is 0 Å². The number of benzene rings is 1. The Labute approximate surface area is 83.3 Å². The number of hydrogen-bond donors (Lipinski definition) is 1. The van der Waals surface area contributed by atoms with Gasteiger partial charge in [0.25, 0.3) is 0 Å².